The van der Waals surface area contributed by atoms with Crippen molar-refractivity contribution in [3.63, 3.8) is 0 Å². The SMILES string of the molecule is CC(C)(C)OC(=O)N1C(C(=O)O)c2ccccc2CC1(C)C. The molecule has 1 aromatic carbocycles. The smallest absolute Gasteiger partial charge is 0.411 e. The van der Waals surface area contributed by atoms with E-state index in [1.807, 2.05) is 26.0 Å². The number of hydrogen-bond donors (Lipinski definition) is 1. The van der Waals surface area contributed by atoms with Crippen LogP contribution in [-0.2, 0) is 16.0 Å². The largest absolute Gasteiger partial charge is 0.479 e. The minimum Gasteiger partial charge on any atom is -0.479 e. The van der Waals surface area contributed by atoms with Gasteiger partial charge < -0.3 is 9.84 Å². The Kier molecular flexibility index (Phi) is 3.94. The number of hydrogen-bond acceptors (Lipinski definition) is 3. The first-order chi connectivity index (χ1) is 10.0. The molecule has 1 N–H and O–H groups in total. The lowest BCUT2D eigenvalue weighted by Gasteiger charge is -2.46. The van der Waals surface area contributed by atoms with E-state index in [-0.39, 0.29) is 0 Å². The van der Waals surface area contributed by atoms with Gasteiger partial charge in [-0.05, 0) is 52.2 Å². The molecule has 1 aromatic rings. The zero-order chi connectivity index (χ0) is 16.7. The maximum atomic E-state index is 12.6. The maximum Gasteiger partial charge on any atom is 0.411 e. The van der Waals surface area contributed by atoms with Gasteiger partial charge in [-0.1, -0.05) is 24.3 Å². The second-order valence-corrected chi connectivity index (χ2v) is 7.28. The molecule has 5 nitrogen and oxygen atoms in total. The molecule has 0 saturated carbocycles. The van der Waals surface area contributed by atoms with Crippen molar-refractivity contribution in [1.82, 2.24) is 4.90 Å². The summed E-state index contributed by atoms with van der Waals surface area (Å²) in [5, 5.41) is 9.69. The van der Waals surface area contributed by atoms with Crippen LogP contribution in [0.4, 0.5) is 4.79 Å². The van der Waals surface area contributed by atoms with Crippen LogP contribution in [0.25, 0.3) is 0 Å². The normalized spacial score (nSPS) is 20.2. The van der Waals surface area contributed by atoms with Crippen molar-refractivity contribution < 1.29 is 19.4 Å². The Bertz CT molecular complexity index is 601. The molecular formula is C17H23NO4. The molecule has 0 saturated heterocycles. The van der Waals surface area contributed by atoms with Gasteiger partial charge in [0.05, 0.1) is 0 Å². The monoisotopic (exact) mass is 305 g/mol. The quantitative estimate of drug-likeness (QED) is 0.863. The Morgan fingerprint density at radius 1 is 1.27 bits per heavy atom. The van der Waals surface area contributed by atoms with E-state index in [0.717, 1.165) is 5.56 Å². The molecule has 1 heterocycles. The summed E-state index contributed by atoms with van der Waals surface area (Å²) in [6.45, 7) is 9.04. The van der Waals surface area contributed by atoms with Crippen molar-refractivity contribution >= 4 is 12.1 Å². The lowest BCUT2D eigenvalue weighted by molar-refractivity contribution is -0.146. The van der Waals surface area contributed by atoms with Crippen molar-refractivity contribution in [2.24, 2.45) is 0 Å². The van der Waals surface area contributed by atoms with Crippen LogP contribution >= 0.6 is 0 Å². The molecular weight excluding hydrogens is 282 g/mol. The fourth-order valence-electron chi connectivity index (χ4n) is 2.91. The Labute approximate surface area is 130 Å². The standard InChI is InChI=1S/C17H23NO4/c1-16(2,3)22-15(21)18-13(14(19)20)12-9-7-6-8-11(12)10-17(18,4)5/h6-9,13H,10H2,1-5H3,(H,19,20). The topological polar surface area (TPSA) is 66.8 Å². The van der Waals surface area contributed by atoms with Crippen LogP contribution in [0.1, 0.15) is 51.8 Å². The molecule has 1 unspecified atom stereocenters. The highest BCUT2D eigenvalue weighted by Gasteiger charge is 2.47. The summed E-state index contributed by atoms with van der Waals surface area (Å²) < 4.78 is 5.43. The zero-order valence-corrected chi connectivity index (χ0v) is 13.7. The van der Waals surface area contributed by atoms with Gasteiger partial charge in [-0.3, -0.25) is 4.90 Å². The van der Waals surface area contributed by atoms with Gasteiger partial charge in [0.25, 0.3) is 0 Å². The first-order valence-electron chi connectivity index (χ1n) is 7.36. The summed E-state index contributed by atoms with van der Waals surface area (Å²) in [5.74, 6) is -1.05. The van der Waals surface area contributed by atoms with Crippen LogP contribution < -0.4 is 0 Å². The Morgan fingerprint density at radius 3 is 2.41 bits per heavy atom. The highest BCUT2D eigenvalue weighted by atomic mass is 16.6. The maximum absolute atomic E-state index is 12.6. The van der Waals surface area contributed by atoms with E-state index in [9.17, 15) is 14.7 Å². The average Bonchev–Trinajstić information content (AvgIpc) is 2.33. The minimum atomic E-state index is -1.05. The minimum absolute atomic E-state index is 0.589. The van der Waals surface area contributed by atoms with Gasteiger partial charge in [0, 0.05) is 5.54 Å². The van der Waals surface area contributed by atoms with E-state index >= 15 is 0 Å². The highest BCUT2D eigenvalue weighted by molar-refractivity contribution is 5.83. The van der Waals surface area contributed by atoms with E-state index in [2.05, 4.69) is 0 Å². The van der Waals surface area contributed by atoms with Gasteiger partial charge in [0.2, 0.25) is 0 Å². The van der Waals surface area contributed by atoms with E-state index < -0.39 is 29.2 Å². The molecule has 5 heteroatoms. The van der Waals surface area contributed by atoms with Crippen LogP contribution in [0.3, 0.4) is 0 Å². The fourth-order valence-corrected chi connectivity index (χ4v) is 2.91. The van der Waals surface area contributed by atoms with Crippen LogP contribution in [0.2, 0.25) is 0 Å². The van der Waals surface area contributed by atoms with Crippen molar-refractivity contribution in [3.05, 3.63) is 35.4 Å². The molecule has 120 valence electrons. The number of carbonyl (C=O) groups excluding carboxylic acids is 1. The number of nitrogens with zero attached hydrogens (tertiary/aromatic N) is 1. The third-order valence-corrected chi connectivity index (χ3v) is 3.71. The summed E-state index contributed by atoms with van der Waals surface area (Å²) in [7, 11) is 0. The molecule has 22 heavy (non-hydrogen) atoms. The number of carboxylic acid groups (broad SMARTS) is 1. The third-order valence-electron chi connectivity index (χ3n) is 3.71. The lowest BCUT2D eigenvalue weighted by Crippen LogP contribution is -2.56. The van der Waals surface area contributed by atoms with Crippen molar-refractivity contribution in [3.8, 4) is 0 Å². The van der Waals surface area contributed by atoms with Crippen molar-refractivity contribution in [1.29, 1.82) is 0 Å². The van der Waals surface area contributed by atoms with E-state index in [1.165, 1.54) is 4.90 Å². The molecule has 1 atom stereocenters. The molecule has 0 fully saturated rings. The number of aliphatic carboxylic acids is 1. The number of fused-ring (bicyclic) bond motifs is 1. The Morgan fingerprint density at radius 2 is 1.86 bits per heavy atom. The number of carbonyl (C=O) groups is 2. The van der Waals surface area contributed by atoms with E-state index in [0.29, 0.717) is 12.0 Å². The Hall–Kier alpha value is -2.04. The van der Waals surface area contributed by atoms with Crippen LogP contribution in [0.5, 0.6) is 0 Å². The van der Waals surface area contributed by atoms with Gasteiger partial charge in [-0.15, -0.1) is 0 Å². The number of rotatable bonds is 1. The molecule has 0 aliphatic carbocycles. The Balaban J connectivity index is 2.50. The van der Waals surface area contributed by atoms with Gasteiger partial charge >= 0.3 is 12.1 Å². The van der Waals surface area contributed by atoms with Gasteiger partial charge in [-0.25, -0.2) is 9.59 Å². The predicted octanol–water partition coefficient (Wildman–Crippen LogP) is 3.38. The third kappa shape index (κ3) is 3.08. The average molecular weight is 305 g/mol. The summed E-state index contributed by atoms with van der Waals surface area (Å²) in [6, 6.07) is 6.33. The van der Waals surface area contributed by atoms with Crippen LogP contribution in [0, 0.1) is 0 Å². The summed E-state index contributed by atoms with van der Waals surface area (Å²) in [4.78, 5) is 25.8. The highest BCUT2D eigenvalue weighted by Crippen LogP contribution is 2.39. The molecule has 0 radical (unpaired) electrons. The molecule has 1 amide bonds. The first kappa shape index (κ1) is 16.3. The molecule has 1 aliphatic rings. The summed E-state index contributed by atoms with van der Waals surface area (Å²) in [5.41, 5.74) is 0.298. The van der Waals surface area contributed by atoms with Crippen LogP contribution in [-0.4, -0.2) is 33.2 Å². The fraction of sp³-hybridized carbons (Fsp3) is 0.529. The van der Waals surface area contributed by atoms with Crippen molar-refractivity contribution in [2.45, 2.75) is 58.2 Å². The van der Waals surface area contributed by atoms with Gasteiger partial charge in [0.15, 0.2) is 6.04 Å². The molecule has 0 bridgehead atoms. The van der Waals surface area contributed by atoms with Crippen LogP contribution in [0.15, 0.2) is 24.3 Å². The first-order valence-corrected chi connectivity index (χ1v) is 7.36. The van der Waals surface area contributed by atoms with E-state index in [1.54, 1.807) is 32.9 Å². The molecule has 0 spiro atoms. The summed E-state index contributed by atoms with van der Waals surface area (Å²) in [6.07, 6.45) is -0.00829. The number of amides is 1. The number of benzene rings is 1. The number of carboxylic acids is 1. The van der Waals surface area contributed by atoms with Gasteiger partial charge in [-0.2, -0.15) is 0 Å². The zero-order valence-electron chi connectivity index (χ0n) is 13.7. The molecule has 2 rings (SSSR count). The molecule has 0 aromatic heterocycles. The second-order valence-electron chi connectivity index (χ2n) is 7.28. The van der Waals surface area contributed by atoms with E-state index in [4.69, 9.17) is 4.74 Å². The summed E-state index contributed by atoms with van der Waals surface area (Å²) >= 11 is 0. The molecule has 1 aliphatic heterocycles. The predicted molar refractivity (Wildman–Crippen MR) is 82.7 cm³/mol. The van der Waals surface area contributed by atoms with Crippen molar-refractivity contribution in [2.75, 3.05) is 0 Å². The second kappa shape index (κ2) is 5.30. The lowest BCUT2D eigenvalue weighted by atomic mass is 9.81. The van der Waals surface area contributed by atoms with Gasteiger partial charge in [0.1, 0.15) is 5.60 Å². The number of ether oxygens (including phenoxy) is 1.